The van der Waals surface area contributed by atoms with E-state index in [1.165, 1.54) is 19.1 Å². The van der Waals surface area contributed by atoms with Crippen molar-refractivity contribution in [2.45, 2.75) is 19.6 Å². The second kappa shape index (κ2) is 8.85. The summed E-state index contributed by atoms with van der Waals surface area (Å²) in [6.45, 7) is 1.83. The van der Waals surface area contributed by atoms with E-state index in [-0.39, 0.29) is 11.8 Å². The quantitative estimate of drug-likeness (QED) is 0.500. The second-order valence-electron chi connectivity index (χ2n) is 6.00. The molecule has 0 aliphatic rings. The maximum Gasteiger partial charge on any atom is 0.331 e. The Bertz CT molecular complexity index is 958. The minimum atomic E-state index is -0.931. The summed E-state index contributed by atoms with van der Waals surface area (Å²) in [6.07, 6.45) is 1.65. The predicted molar refractivity (Wildman–Crippen MR) is 103 cm³/mol. The highest BCUT2D eigenvalue weighted by Crippen LogP contribution is 2.15. The van der Waals surface area contributed by atoms with Crippen LogP contribution in [0, 0.1) is 0 Å². The average molecular weight is 380 g/mol. The minimum absolute atomic E-state index is 0.287. The first-order valence-electron chi connectivity index (χ1n) is 8.70. The van der Waals surface area contributed by atoms with E-state index >= 15 is 0 Å². The SMILES string of the molecule is COc1ccc(CNC(=O)[C@@H](C)OC(=O)/C=C/c2nc3ccccc3o2)cc1. The Morgan fingerprint density at radius 1 is 1.18 bits per heavy atom. The molecule has 3 aromatic rings. The highest BCUT2D eigenvalue weighted by molar-refractivity contribution is 5.90. The number of aromatic nitrogens is 1. The second-order valence-corrected chi connectivity index (χ2v) is 6.00. The van der Waals surface area contributed by atoms with Crippen molar-refractivity contribution in [3.05, 3.63) is 66.1 Å². The third-order valence-electron chi connectivity index (χ3n) is 3.96. The van der Waals surface area contributed by atoms with Gasteiger partial charge in [-0.2, -0.15) is 0 Å². The molecule has 3 rings (SSSR count). The molecule has 0 fully saturated rings. The van der Waals surface area contributed by atoms with Crippen LogP contribution in [0.5, 0.6) is 5.75 Å². The van der Waals surface area contributed by atoms with Gasteiger partial charge in [0.15, 0.2) is 11.7 Å². The van der Waals surface area contributed by atoms with Gasteiger partial charge in [0.05, 0.1) is 7.11 Å². The maximum absolute atomic E-state index is 12.1. The van der Waals surface area contributed by atoms with Crippen molar-refractivity contribution in [3.8, 4) is 5.75 Å². The Labute approximate surface area is 162 Å². The summed E-state index contributed by atoms with van der Waals surface area (Å²) in [5.74, 6) is -0.0216. The van der Waals surface area contributed by atoms with Crippen LogP contribution in [0.25, 0.3) is 17.2 Å². The molecule has 0 spiro atoms. The maximum atomic E-state index is 12.1. The molecule has 7 heteroatoms. The van der Waals surface area contributed by atoms with Gasteiger partial charge in [-0.1, -0.05) is 24.3 Å². The molecule has 0 bridgehead atoms. The molecular formula is C21H20N2O5. The molecule has 0 saturated carbocycles. The summed E-state index contributed by atoms with van der Waals surface area (Å²) in [5.41, 5.74) is 2.23. The first kappa shape index (κ1) is 19.2. The molecule has 28 heavy (non-hydrogen) atoms. The number of ether oxygens (including phenoxy) is 2. The molecule has 1 N–H and O–H groups in total. The zero-order chi connectivity index (χ0) is 19.9. The summed E-state index contributed by atoms with van der Waals surface area (Å²) in [5, 5.41) is 2.72. The first-order valence-corrected chi connectivity index (χ1v) is 8.70. The van der Waals surface area contributed by atoms with Gasteiger partial charge in [0, 0.05) is 18.7 Å². The highest BCUT2D eigenvalue weighted by Gasteiger charge is 2.16. The van der Waals surface area contributed by atoms with Gasteiger partial charge in [0.25, 0.3) is 5.91 Å². The fourth-order valence-corrected chi connectivity index (χ4v) is 2.44. The number of hydrogen-bond acceptors (Lipinski definition) is 6. The molecule has 144 valence electrons. The van der Waals surface area contributed by atoms with Crippen LogP contribution in [0.1, 0.15) is 18.4 Å². The normalized spacial score (nSPS) is 12.1. The molecule has 2 aromatic carbocycles. The number of fused-ring (bicyclic) bond motifs is 1. The van der Waals surface area contributed by atoms with E-state index in [2.05, 4.69) is 10.3 Å². The number of esters is 1. The number of para-hydroxylation sites is 2. The van der Waals surface area contributed by atoms with Crippen LogP contribution >= 0.6 is 0 Å². The van der Waals surface area contributed by atoms with Gasteiger partial charge in [-0.3, -0.25) is 4.79 Å². The lowest BCUT2D eigenvalue weighted by atomic mass is 10.2. The van der Waals surface area contributed by atoms with Crippen LogP contribution in [0.4, 0.5) is 0 Å². The highest BCUT2D eigenvalue weighted by atomic mass is 16.5. The van der Waals surface area contributed by atoms with E-state index in [9.17, 15) is 9.59 Å². The smallest absolute Gasteiger partial charge is 0.331 e. The van der Waals surface area contributed by atoms with Gasteiger partial charge < -0.3 is 19.2 Å². The van der Waals surface area contributed by atoms with Crippen LogP contribution in [-0.2, 0) is 20.9 Å². The molecular weight excluding hydrogens is 360 g/mol. The number of methoxy groups -OCH3 is 1. The van der Waals surface area contributed by atoms with Crippen LogP contribution < -0.4 is 10.1 Å². The summed E-state index contributed by atoms with van der Waals surface area (Å²) >= 11 is 0. The Morgan fingerprint density at radius 3 is 2.64 bits per heavy atom. The first-order chi connectivity index (χ1) is 13.5. The largest absolute Gasteiger partial charge is 0.497 e. The third kappa shape index (κ3) is 4.97. The Kier molecular flexibility index (Phi) is 6.06. The van der Waals surface area contributed by atoms with Crippen LogP contribution in [0.15, 0.2) is 59.0 Å². The van der Waals surface area contributed by atoms with Gasteiger partial charge in [-0.15, -0.1) is 0 Å². The van der Waals surface area contributed by atoms with Gasteiger partial charge in [-0.25, -0.2) is 9.78 Å². The molecule has 1 heterocycles. The number of carbonyl (C=O) groups is 2. The van der Waals surface area contributed by atoms with Gasteiger partial charge in [0.2, 0.25) is 5.89 Å². The fourth-order valence-electron chi connectivity index (χ4n) is 2.44. The number of oxazole rings is 1. The van der Waals surface area contributed by atoms with Crippen molar-refractivity contribution < 1.29 is 23.5 Å². The minimum Gasteiger partial charge on any atom is -0.497 e. The number of amides is 1. The summed E-state index contributed by atoms with van der Waals surface area (Å²) in [4.78, 5) is 28.2. The standard InChI is InChI=1S/C21H20N2O5/c1-14(21(25)22-13-15-7-9-16(26-2)10-8-15)27-20(24)12-11-19-23-17-5-3-4-6-18(17)28-19/h3-12,14H,13H2,1-2H3,(H,22,25)/b12-11+/t14-/m1/s1. The number of rotatable bonds is 7. The van der Waals surface area contributed by atoms with Crippen molar-refractivity contribution >= 4 is 29.1 Å². The summed E-state index contributed by atoms with van der Waals surface area (Å²) in [7, 11) is 1.59. The molecule has 1 aromatic heterocycles. The van der Waals surface area contributed by atoms with Gasteiger partial charge in [0.1, 0.15) is 11.3 Å². The number of benzene rings is 2. The van der Waals surface area contributed by atoms with Crippen LogP contribution in [0.3, 0.4) is 0 Å². The Balaban J connectivity index is 1.49. The van der Waals surface area contributed by atoms with E-state index in [1.54, 1.807) is 13.2 Å². The number of carbonyl (C=O) groups excluding carboxylic acids is 2. The van der Waals surface area contributed by atoms with Crippen molar-refractivity contribution in [2.24, 2.45) is 0 Å². The van der Waals surface area contributed by atoms with E-state index in [0.717, 1.165) is 11.3 Å². The van der Waals surface area contributed by atoms with E-state index in [0.29, 0.717) is 17.6 Å². The molecule has 0 aliphatic heterocycles. The Hall–Kier alpha value is -3.61. The molecule has 0 aliphatic carbocycles. The Morgan fingerprint density at radius 2 is 1.93 bits per heavy atom. The predicted octanol–water partition coefficient (Wildman–Crippen LogP) is 3.10. The summed E-state index contributed by atoms with van der Waals surface area (Å²) < 4.78 is 15.7. The summed E-state index contributed by atoms with van der Waals surface area (Å²) in [6, 6.07) is 14.6. The van der Waals surface area contributed by atoms with Crippen molar-refractivity contribution in [1.29, 1.82) is 0 Å². The van der Waals surface area contributed by atoms with Crippen molar-refractivity contribution in [2.75, 3.05) is 7.11 Å². The molecule has 0 unspecified atom stereocenters. The molecule has 1 atom stereocenters. The lowest BCUT2D eigenvalue weighted by Crippen LogP contribution is -2.35. The van der Waals surface area contributed by atoms with E-state index < -0.39 is 12.1 Å². The number of hydrogen-bond donors (Lipinski definition) is 1. The molecule has 1 amide bonds. The molecule has 0 radical (unpaired) electrons. The van der Waals surface area contributed by atoms with Crippen LogP contribution in [-0.4, -0.2) is 30.1 Å². The average Bonchev–Trinajstić information content (AvgIpc) is 3.14. The van der Waals surface area contributed by atoms with E-state index in [4.69, 9.17) is 13.9 Å². The lowest BCUT2D eigenvalue weighted by molar-refractivity contribution is -0.150. The van der Waals surface area contributed by atoms with E-state index in [1.807, 2.05) is 42.5 Å². The lowest BCUT2D eigenvalue weighted by Gasteiger charge is -2.12. The monoisotopic (exact) mass is 380 g/mol. The van der Waals surface area contributed by atoms with Crippen LogP contribution in [0.2, 0.25) is 0 Å². The number of nitrogens with one attached hydrogen (secondary N) is 1. The molecule has 7 nitrogen and oxygen atoms in total. The van der Waals surface area contributed by atoms with Crippen molar-refractivity contribution in [1.82, 2.24) is 10.3 Å². The fraction of sp³-hybridized carbons (Fsp3) is 0.190. The number of nitrogens with zero attached hydrogens (tertiary/aromatic N) is 1. The zero-order valence-electron chi connectivity index (χ0n) is 15.5. The zero-order valence-corrected chi connectivity index (χ0v) is 15.5. The van der Waals surface area contributed by atoms with Gasteiger partial charge >= 0.3 is 5.97 Å². The third-order valence-corrected chi connectivity index (χ3v) is 3.96. The van der Waals surface area contributed by atoms with Crippen molar-refractivity contribution in [3.63, 3.8) is 0 Å². The van der Waals surface area contributed by atoms with Gasteiger partial charge in [-0.05, 0) is 36.8 Å². The molecule has 0 saturated heterocycles. The topological polar surface area (TPSA) is 90.7 Å².